The van der Waals surface area contributed by atoms with Gasteiger partial charge in [0.1, 0.15) is 0 Å². The number of carbonyl (C=O) groups is 1. The number of carbonyl (C=O) groups excluding carboxylic acids is 1. The third-order valence-corrected chi connectivity index (χ3v) is 3.62. The molecule has 1 saturated carbocycles. The lowest BCUT2D eigenvalue weighted by Gasteiger charge is -2.19. The zero-order valence-corrected chi connectivity index (χ0v) is 9.92. The van der Waals surface area contributed by atoms with Crippen molar-refractivity contribution in [1.29, 1.82) is 0 Å². The van der Waals surface area contributed by atoms with Gasteiger partial charge in [-0.05, 0) is 36.5 Å². The van der Waals surface area contributed by atoms with E-state index in [1.807, 2.05) is 12.1 Å². The fourth-order valence-corrected chi connectivity index (χ4v) is 2.30. The van der Waals surface area contributed by atoms with E-state index in [9.17, 15) is 4.79 Å². The second-order valence-electron chi connectivity index (χ2n) is 5.11. The van der Waals surface area contributed by atoms with Crippen molar-refractivity contribution in [3.8, 4) is 0 Å². The summed E-state index contributed by atoms with van der Waals surface area (Å²) in [4.78, 5) is 11.3. The quantitative estimate of drug-likeness (QED) is 0.682. The van der Waals surface area contributed by atoms with Crippen molar-refractivity contribution in [1.82, 2.24) is 0 Å². The van der Waals surface area contributed by atoms with Crippen molar-refractivity contribution in [3.63, 3.8) is 0 Å². The molecule has 17 heavy (non-hydrogen) atoms. The van der Waals surface area contributed by atoms with Crippen LogP contribution < -0.4 is 16.4 Å². The van der Waals surface area contributed by atoms with Crippen LogP contribution in [0.2, 0.25) is 0 Å². The van der Waals surface area contributed by atoms with E-state index < -0.39 is 0 Å². The highest BCUT2D eigenvalue weighted by molar-refractivity contribution is 5.95. The van der Waals surface area contributed by atoms with Crippen LogP contribution in [-0.4, -0.2) is 11.9 Å². The van der Waals surface area contributed by atoms with Crippen molar-refractivity contribution in [2.24, 2.45) is 5.92 Å². The monoisotopic (exact) mass is 231 g/mol. The molecule has 1 aromatic carbocycles. The second kappa shape index (κ2) is 3.65. The fraction of sp³-hybridized carbons (Fsp3) is 0.462. The summed E-state index contributed by atoms with van der Waals surface area (Å²) >= 11 is 0. The van der Waals surface area contributed by atoms with E-state index in [4.69, 9.17) is 5.73 Å². The number of nitrogen functional groups attached to an aromatic ring is 1. The van der Waals surface area contributed by atoms with Crippen LogP contribution in [0.4, 0.5) is 17.1 Å². The highest BCUT2D eigenvalue weighted by Crippen LogP contribution is 2.37. The largest absolute Gasteiger partial charge is 0.397 e. The van der Waals surface area contributed by atoms with Crippen LogP contribution in [0.5, 0.6) is 0 Å². The number of anilines is 3. The van der Waals surface area contributed by atoms with Gasteiger partial charge in [0.2, 0.25) is 5.91 Å². The number of benzene rings is 1. The predicted molar refractivity (Wildman–Crippen MR) is 69.0 cm³/mol. The molecule has 0 spiro atoms. The number of aryl methyl sites for hydroxylation is 1. The lowest BCUT2D eigenvalue weighted by atomic mass is 10.0. The van der Waals surface area contributed by atoms with Gasteiger partial charge in [-0.3, -0.25) is 4.79 Å². The van der Waals surface area contributed by atoms with E-state index in [0.29, 0.717) is 12.5 Å². The van der Waals surface area contributed by atoms with Crippen molar-refractivity contribution < 1.29 is 4.79 Å². The Morgan fingerprint density at radius 1 is 1.41 bits per heavy atom. The molecule has 0 bridgehead atoms. The Balaban J connectivity index is 1.88. The molecule has 2 aliphatic rings. The van der Waals surface area contributed by atoms with Gasteiger partial charge < -0.3 is 16.4 Å². The SMILES string of the molecule is CC1CC1Nc1cc2c(cc1N)CCC(=O)N2. The normalized spacial score (nSPS) is 26.1. The van der Waals surface area contributed by atoms with E-state index in [-0.39, 0.29) is 5.91 Å². The summed E-state index contributed by atoms with van der Waals surface area (Å²) in [5.41, 5.74) is 9.79. The fourth-order valence-electron chi connectivity index (χ4n) is 2.30. The molecule has 1 aliphatic carbocycles. The summed E-state index contributed by atoms with van der Waals surface area (Å²) in [6.45, 7) is 2.22. The van der Waals surface area contributed by atoms with Crippen molar-refractivity contribution in [2.75, 3.05) is 16.4 Å². The molecule has 90 valence electrons. The number of fused-ring (bicyclic) bond motifs is 1. The van der Waals surface area contributed by atoms with Gasteiger partial charge in [-0.2, -0.15) is 0 Å². The summed E-state index contributed by atoms with van der Waals surface area (Å²) in [6.07, 6.45) is 2.53. The van der Waals surface area contributed by atoms with Gasteiger partial charge in [0.05, 0.1) is 11.4 Å². The van der Waals surface area contributed by atoms with Crippen molar-refractivity contribution >= 4 is 23.0 Å². The molecule has 3 rings (SSSR count). The lowest BCUT2D eigenvalue weighted by molar-refractivity contribution is -0.116. The number of rotatable bonds is 2. The Kier molecular flexibility index (Phi) is 2.24. The Hall–Kier alpha value is -1.71. The molecular formula is C13H17N3O. The standard InChI is InChI=1S/C13H17N3O/c1-7-4-10(7)15-12-6-11-8(5-9(12)14)2-3-13(17)16-11/h5-7,10,15H,2-4,14H2,1H3,(H,16,17). The molecule has 0 radical (unpaired) electrons. The molecule has 0 saturated heterocycles. The molecular weight excluding hydrogens is 214 g/mol. The summed E-state index contributed by atoms with van der Waals surface area (Å²) < 4.78 is 0. The highest BCUT2D eigenvalue weighted by Gasteiger charge is 2.33. The van der Waals surface area contributed by atoms with E-state index in [1.165, 1.54) is 6.42 Å². The topological polar surface area (TPSA) is 67.1 Å². The van der Waals surface area contributed by atoms with Gasteiger partial charge in [-0.25, -0.2) is 0 Å². The number of amides is 1. The maximum absolute atomic E-state index is 11.3. The second-order valence-corrected chi connectivity index (χ2v) is 5.11. The van der Waals surface area contributed by atoms with E-state index in [1.54, 1.807) is 0 Å². The van der Waals surface area contributed by atoms with Crippen molar-refractivity contribution in [3.05, 3.63) is 17.7 Å². The van der Waals surface area contributed by atoms with Crippen LogP contribution in [0.1, 0.15) is 25.3 Å². The molecule has 2 unspecified atom stereocenters. The summed E-state index contributed by atoms with van der Waals surface area (Å²) in [6, 6.07) is 4.48. The minimum atomic E-state index is 0.0908. The van der Waals surface area contributed by atoms with Crippen LogP contribution in [0.15, 0.2) is 12.1 Å². The maximum Gasteiger partial charge on any atom is 0.224 e. The smallest absolute Gasteiger partial charge is 0.224 e. The van der Waals surface area contributed by atoms with Crippen molar-refractivity contribution in [2.45, 2.75) is 32.2 Å². The minimum Gasteiger partial charge on any atom is -0.397 e. The molecule has 4 N–H and O–H groups in total. The first-order valence-electron chi connectivity index (χ1n) is 6.12. The Morgan fingerprint density at radius 3 is 2.88 bits per heavy atom. The summed E-state index contributed by atoms with van der Waals surface area (Å²) in [5.74, 6) is 0.813. The van der Waals surface area contributed by atoms with Crippen LogP contribution in [0.25, 0.3) is 0 Å². The number of nitrogens with one attached hydrogen (secondary N) is 2. The van der Waals surface area contributed by atoms with Gasteiger partial charge in [0, 0.05) is 18.2 Å². The van der Waals surface area contributed by atoms with E-state index >= 15 is 0 Å². The molecule has 1 aromatic rings. The Labute approximate surface area is 101 Å². The molecule has 1 amide bonds. The van der Waals surface area contributed by atoms with Gasteiger partial charge in [-0.15, -0.1) is 0 Å². The first-order chi connectivity index (χ1) is 8.13. The number of hydrogen-bond acceptors (Lipinski definition) is 3. The lowest BCUT2D eigenvalue weighted by Crippen LogP contribution is -2.19. The molecule has 1 aliphatic heterocycles. The van der Waals surface area contributed by atoms with Crippen LogP contribution in [0.3, 0.4) is 0 Å². The minimum absolute atomic E-state index is 0.0908. The van der Waals surface area contributed by atoms with Crippen LogP contribution in [-0.2, 0) is 11.2 Å². The molecule has 2 atom stereocenters. The van der Waals surface area contributed by atoms with Gasteiger partial charge in [0.25, 0.3) is 0 Å². The summed E-state index contributed by atoms with van der Waals surface area (Å²) in [7, 11) is 0. The van der Waals surface area contributed by atoms with Gasteiger partial charge in [-0.1, -0.05) is 6.92 Å². The first kappa shape index (κ1) is 10.4. The zero-order valence-electron chi connectivity index (χ0n) is 9.92. The average Bonchev–Trinajstić information content (AvgIpc) is 2.96. The first-order valence-corrected chi connectivity index (χ1v) is 6.12. The molecule has 4 heteroatoms. The number of nitrogens with two attached hydrogens (primary N) is 1. The molecule has 1 fully saturated rings. The predicted octanol–water partition coefficient (Wildman–Crippen LogP) is 1.97. The maximum atomic E-state index is 11.3. The van der Waals surface area contributed by atoms with Crippen LogP contribution >= 0.6 is 0 Å². The number of hydrogen-bond donors (Lipinski definition) is 3. The van der Waals surface area contributed by atoms with E-state index in [0.717, 1.165) is 35.0 Å². The zero-order chi connectivity index (χ0) is 12.0. The summed E-state index contributed by atoms with van der Waals surface area (Å²) in [5, 5.41) is 6.32. The highest BCUT2D eigenvalue weighted by atomic mass is 16.1. The van der Waals surface area contributed by atoms with E-state index in [2.05, 4.69) is 17.6 Å². The Morgan fingerprint density at radius 2 is 2.18 bits per heavy atom. The molecule has 0 aromatic heterocycles. The third-order valence-electron chi connectivity index (χ3n) is 3.62. The molecule has 4 nitrogen and oxygen atoms in total. The van der Waals surface area contributed by atoms with Gasteiger partial charge in [0.15, 0.2) is 0 Å². The van der Waals surface area contributed by atoms with Gasteiger partial charge >= 0.3 is 0 Å². The van der Waals surface area contributed by atoms with Crippen LogP contribution in [0, 0.1) is 5.92 Å². The average molecular weight is 231 g/mol. The molecule has 1 heterocycles. The Bertz CT molecular complexity index is 484. The third kappa shape index (κ3) is 1.95.